The average Bonchev–Trinajstić information content (AvgIpc) is 3.30. The number of hydrogen-bond donors (Lipinski definition) is 4. The number of carbonyl (C=O) groups is 1. The maximum Gasteiger partial charge on any atom is 0.397 e. The molecule has 6 unspecified atom stereocenters. The molecule has 0 amide bonds. The normalized spacial score (nSPS) is 19.8. The molecular weight excluding hydrogens is 873 g/mol. The maximum absolute atomic E-state index is 12.9. The number of rotatable bonds is 47. The summed E-state index contributed by atoms with van der Waals surface area (Å²) in [6.45, 7) is 3.91. The molecule has 1 heterocycles. The number of allylic oxidation sites excluding steroid dienone is 8. The van der Waals surface area contributed by atoms with Crippen molar-refractivity contribution in [2.24, 2.45) is 0 Å². The van der Waals surface area contributed by atoms with E-state index in [0.717, 1.165) is 70.6 Å². The van der Waals surface area contributed by atoms with Gasteiger partial charge < -0.3 is 34.3 Å². The number of esters is 1. The molecule has 392 valence electrons. The van der Waals surface area contributed by atoms with E-state index < -0.39 is 59.8 Å². The topological polar surface area (TPSA) is 178 Å². The summed E-state index contributed by atoms with van der Waals surface area (Å²) in [5.74, 6) is -0.405. The fourth-order valence-electron chi connectivity index (χ4n) is 8.20. The molecule has 0 spiro atoms. The summed E-state index contributed by atoms with van der Waals surface area (Å²) < 4.78 is 59.3. The Labute approximate surface area is 408 Å². The Balaban J connectivity index is 2.34. The number of ether oxygens (including phenoxy) is 4. The zero-order valence-electron chi connectivity index (χ0n) is 42.2. The van der Waals surface area contributed by atoms with E-state index in [1.807, 2.05) is 0 Å². The van der Waals surface area contributed by atoms with Gasteiger partial charge in [0.05, 0.1) is 19.8 Å². The van der Waals surface area contributed by atoms with E-state index in [1.54, 1.807) is 0 Å². The molecule has 0 saturated carbocycles. The molecule has 1 rings (SSSR count). The van der Waals surface area contributed by atoms with Gasteiger partial charge in [-0.2, -0.15) is 8.42 Å². The molecule has 1 fully saturated rings. The molecule has 0 bridgehead atoms. The van der Waals surface area contributed by atoms with Gasteiger partial charge in [-0.25, -0.2) is 4.18 Å². The van der Waals surface area contributed by atoms with Gasteiger partial charge in [-0.15, -0.1) is 0 Å². The zero-order valence-corrected chi connectivity index (χ0v) is 43.0. The van der Waals surface area contributed by atoms with E-state index in [-0.39, 0.29) is 19.6 Å². The van der Waals surface area contributed by atoms with Crippen LogP contribution in [0.3, 0.4) is 0 Å². The first-order valence-corrected chi connectivity index (χ1v) is 28.3. The minimum Gasteiger partial charge on any atom is -0.457 e. The van der Waals surface area contributed by atoms with Gasteiger partial charge in [-0.3, -0.25) is 9.35 Å². The first-order chi connectivity index (χ1) is 32.6. The Morgan fingerprint density at radius 1 is 0.582 bits per heavy atom. The lowest BCUT2D eigenvalue weighted by Gasteiger charge is -2.41. The van der Waals surface area contributed by atoms with Crippen LogP contribution in [0.4, 0.5) is 0 Å². The second kappa shape index (κ2) is 45.2. The number of unbranched alkanes of at least 4 members (excludes halogenated alkanes) is 26. The van der Waals surface area contributed by atoms with Crippen molar-refractivity contribution in [1.29, 1.82) is 0 Å². The third-order valence-electron chi connectivity index (χ3n) is 12.2. The molecule has 1 saturated heterocycles. The first kappa shape index (κ1) is 63.1. The van der Waals surface area contributed by atoms with Crippen LogP contribution in [0.2, 0.25) is 0 Å². The molecule has 0 aromatic heterocycles. The molecule has 67 heavy (non-hydrogen) atoms. The highest BCUT2D eigenvalue weighted by atomic mass is 32.3. The van der Waals surface area contributed by atoms with Crippen LogP contribution < -0.4 is 0 Å². The quantitative estimate of drug-likeness (QED) is 0.0197. The third-order valence-corrected chi connectivity index (χ3v) is 12.7. The fourth-order valence-corrected chi connectivity index (χ4v) is 8.70. The predicted molar refractivity (Wildman–Crippen MR) is 271 cm³/mol. The second-order valence-electron chi connectivity index (χ2n) is 18.4. The van der Waals surface area contributed by atoms with Gasteiger partial charge in [0, 0.05) is 13.0 Å². The lowest BCUT2D eigenvalue weighted by molar-refractivity contribution is -0.301. The van der Waals surface area contributed by atoms with E-state index in [9.17, 15) is 33.1 Å². The standard InChI is InChI=1S/C54H98O12S/c1-3-5-7-9-11-13-15-17-19-21-23-24-25-27-29-31-33-35-37-39-41-43-50(56)64-48(47-63-54-52(58)53(66-67(59,60)61)51(57)49(45-55)65-54)46-62-44-42-40-38-36-34-32-30-28-26-22-20-18-16-14-12-10-8-6-4-2/h5,7,11,13,17,19,23-24,48-49,51-55,57-58H,3-4,6,8-10,12,14-16,18,20-22,25-47H2,1-2H3,(H,59,60,61)/b7-5-,13-11-,19-17-,24-23-. The SMILES string of the molecule is CC/C=C\C/C=C\C/C=C\C/C=C\CCCCCCCCCCC(=O)OC(COCCCCCCCCCCCCCCCCCCCCC)COC1OC(CO)C(O)C(OS(=O)(=O)O)C1O. The molecular formula is C54H98O12S. The molecule has 0 aliphatic carbocycles. The highest BCUT2D eigenvalue weighted by Crippen LogP contribution is 2.26. The third kappa shape index (κ3) is 38.5. The average molecular weight is 971 g/mol. The van der Waals surface area contributed by atoms with Crippen LogP contribution in [0.15, 0.2) is 48.6 Å². The lowest BCUT2D eigenvalue weighted by Crippen LogP contribution is -2.60. The second-order valence-corrected chi connectivity index (χ2v) is 19.5. The van der Waals surface area contributed by atoms with E-state index in [2.05, 4.69) is 66.6 Å². The van der Waals surface area contributed by atoms with Crippen molar-refractivity contribution in [2.45, 2.75) is 263 Å². The number of aliphatic hydroxyl groups is 3. The van der Waals surface area contributed by atoms with Crippen molar-refractivity contribution < 1.29 is 56.2 Å². The summed E-state index contributed by atoms with van der Waals surface area (Å²) in [5.41, 5.74) is 0. The van der Waals surface area contributed by atoms with Gasteiger partial charge in [-0.05, 0) is 51.4 Å². The van der Waals surface area contributed by atoms with Crippen molar-refractivity contribution in [2.75, 3.05) is 26.4 Å². The van der Waals surface area contributed by atoms with Crippen LogP contribution >= 0.6 is 0 Å². The molecule has 1 aliphatic rings. The highest BCUT2D eigenvalue weighted by molar-refractivity contribution is 7.80. The van der Waals surface area contributed by atoms with Gasteiger partial charge in [0.15, 0.2) is 6.29 Å². The monoisotopic (exact) mass is 971 g/mol. The van der Waals surface area contributed by atoms with Gasteiger partial charge in [0.2, 0.25) is 0 Å². The summed E-state index contributed by atoms with van der Waals surface area (Å²) in [6, 6.07) is 0. The highest BCUT2D eigenvalue weighted by Gasteiger charge is 2.48. The van der Waals surface area contributed by atoms with E-state index >= 15 is 0 Å². The van der Waals surface area contributed by atoms with Crippen LogP contribution in [-0.2, 0) is 38.3 Å². The van der Waals surface area contributed by atoms with Crippen LogP contribution in [-0.4, -0.2) is 97.5 Å². The summed E-state index contributed by atoms with van der Waals surface area (Å²) >= 11 is 0. The van der Waals surface area contributed by atoms with E-state index in [4.69, 9.17) is 18.9 Å². The molecule has 0 aromatic rings. The van der Waals surface area contributed by atoms with Crippen LogP contribution in [0.1, 0.15) is 226 Å². The van der Waals surface area contributed by atoms with Gasteiger partial charge in [0.25, 0.3) is 0 Å². The van der Waals surface area contributed by atoms with Crippen molar-refractivity contribution in [3.63, 3.8) is 0 Å². The summed E-state index contributed by atoms with van der Waals surface area (Å²) in [6.07, 6.45) is 47.1. The smallest absolute Gasteiger partial charge is 0.397 e. The first-order valence-electron chi connectivity index (χ1n) is 26.9. The molecule has 0 radical (unpaired) electrons. The molecule has 13 heteroatoms. The molecule has 6 atom stereocenters. The van der Waals surface area contributed by atoms with Crippen molar-refractivity contribution in [3.8, 4) is 0 Å². The minimum absolute atomic E-state index is 0.0346. The fraction of sp³-hybridized carbons (Fsp3) is 0.833. The van der Waals surface area contributed by atoms with Crippen LogP contribution in [0, 0.1) is 0 Å². The summed E-state index contributed by atoms with van der Waals surface area (Å²) in [5, 5.41) is 30.8. The Bertz CT molecular complexity index is 1350. The molecule has 0 aromatic carbocycles. The van der Waals surface area contributed by atoms with Crippen molar-refractivity contribution >= 4 is 16.4 Å². The summed E-state index contributed by atoms with van der Waals surface area (Å²) in [4.78, 5) is 12.9. The van der Waals surface area contributed by atoms with Gasteiger partial charge >= 0.3 is 16.4 Å². The molecule has 4 N–H and O–H groups in total. The number of aliphatic hydroxyl groups excluding tert-OH is 3. The zero-order chi connectivity index (χ0) is 48.9. The van der Waals surface area contributed by atoms with Crippen molar-refractivity contribution in [1.82, 2.24) is 0 Å². The van der Waals surface area contributed by atoms with E-state index in [0.29, 0.717) is 13.0 Å². The van der Waals surface area contributed by atoms with Crippen molar-refractivity contribution in [3.05, 3.63) is 48.6 Å². The largest absolute Gasteiger partial charge is 0.457 e. The lowest BCUT2D eigenvalue weighted by atomic mass is 9.99. The van der Waals surface area contributed by atoms with E-state index in [1.165, 1.54) is 128 Å². The Morgan fingerprint density at radius 3 is 1.51 bits per heavy atom. The summed E-state index contributed by atoms with van der Waals surface area (Å²) in [7, 11) is -5.07. The van der Waals surface area contributed by atoms with Crippen LogP contribution in [0.25, 0.3) is 0 Å². The van der Waals surface area contributed by atoms with Gasteiger partial charge in [0.1, 0.15) is 30.5 Å². The van der Waals surface area contributed by atoms with Gasteiger partial charge in [-0.1, -0.05) is 217 Å². The Morgan fingerprint density at radius 2 is 1.03 bits per heavy atom. The Kier molecular flexibility index (Phi) is 42.6. The Hall–Kier alpha value is -1.94. The number of hydrogen-bond acceptors (Lipinski definition) is 11. The number of carbonyl (C=O) groups excluding carboxylic acids is 1. The van der Waals surface area contributed by atoms with Crippen LogP contribution in [0.5, 0.6) is 0 Å². The minimum atomic E-state index is -5.07. The molecule has 12 nitrogen and oxygen atoms in total. The maximum atomic E-state index is 12.9. The predicted octanol–water partition coefficient (Wildman–Crippen LogP) is 12.7. The molecule has 1 aliphatic heterocycles.